The van der Waals surface area contributed by atoms with Gasteiger partial charge in [0.1, 0.15) is 0 Å². The summed E-state index contributed by atoms with van der Waals surface area (Å²) < 4.78 is 0. The minimum Gasteiger partial charge on any atom is -0.328 e. The van der Waals surface area contributed by atoms with Gasteiger partial charge in [-0.1, -0.05) is 18.2 Å². The smallest absolute Gasteiger partial charge is 0.258 e. The third kappa shape index (κ3) is 3.99. The highest BCUT2D eigenvalue weighted by Gasteiger charge is 2.28. The van der Waals surface area contributed by atoms with Crippen LogP contribution < -0.4 is 16.0 Å². The van der Waals surface area contributed by atoms with E-state index in [0.29, 0.717) is 17.8 Å². The molecule has 0 radical (unpaired) electrons. The van der Waals surface area contributed by atoms with E-state index in [1.165, 1.54) is 5.56 Å². The molecule has 0 saturated heterocycles. The normalized spacial score (nSPS) is 20.7. The second kappa shape index (κ2) is 8.11. The van der Waals surface area contributed by atoms with Gasteiger partial charge in [0.25, 0.3) is 5.91 Å². The summed E-state index contributed by atoms with van der Waals surface area (Å²) >= 11 is 0. The molecule has 2 unspecified atom stereocenters. The lowest BCUT2D eigenvalue weighted by atomic mass is 10.1. The van der Waals surface area contributed by atoms with E-state index in [0.717, 1.165) is 31.4 Å². The van der Waals surface area contributed by atoms with Crippen LogP contribution in [-0.4, -0.2) is 24.4 Å². The largest absolute Gasteiger partial charge is 0.328 e. The monoisotopic (exact) mass is 385 g/mol. The molecule has 4 rings (SSSR count). The molecule has 0 bridgehead atoms. The molecule has 1 fully saturated rings. The first kappa shape index (κ1) is 19.4. The number of nitrogens with one attached hydrogen (secondary N) is 1. The van der Waals surface area contributed by atoms with Gasteiger partial charge in [-0.25, -0.2) is 0 Å². The SMILES string of the molecule is Cl.NC1CCC(C(=O)Nc2ccc(C(=O)N3CCc4ccccc43)cc2)C1. The highest BCUT2D eigenvalue weighted by atomic mass is 35.5. The molecule has 27 heavy (non-hydrogen) atoms. The zero-order chi connectivity index (χ0) is 18.1. The fourth-order valence-corrected chi connectivity index (χ4v) is 3.90. The van der Waals surface area contributed by atoms with Crippen molar-refractivity contribution in [2.75, 3.05) is 16.8 Å². The van der Waals surface area contributed by atoms with Gasteiger partial charge < -0.3 is 16.0 Å². The molecule has 1 saturated carbocycles. The van der Waals surface area contributed by atoms with E-state index in [2.05, 4.69) is 11.4 Å². The number of carbonyl (C=O) groups excluding carboxylic acids is 2. The second-order valence-corrected chi connectivity index (χ2v) is 7.17. The van der Waals surface area contributed by atoms with E-state index in [-0.39, 0.29) is 36.2 Å². The van der Waals surface area contributed by atoms with Crippen LogP contribution in [0.3, 0.4) is 0 Å². The summed E-state index contributed by atoms with van der Waals surface area (Å²) in [5.41, 5.74) is 9.43. The average molecular weight is 386 g/mol. The van der Waals surface area contributed by atoms with E-state index >= 15 is 0 Å². The molecule has 1 aliphatic carbocycles. The van der Waals surface area contributed by atoms with E-state index in [4.69, 9.17) is 5.73 Å². The first-order chi connectivity index (χ1) is 12.6. The summed E-state index contributed by atoms with van der Waals surface area (Å²) in [5.74, 6) is 0.00694. The van der Waals surface area contributed by atoms with Crippen LogP contribution in [0.1, 0.15) is 35.2 Å². The molecule has 0 aromatic heterocycles. The quantitative estimate of drug-likeness (QED) is 0.850. The van der Waals surface area contributed by atoms with Crippen LogP contribution in [0, 0.1) is 5.92 Å². The van der Waals surface area contributed by atoms with Crippen molar-refractivity contribution in [3.05, 3.63) is 59.7 Å². The lowest BCUT2D eigenvalue weighted by molar-refractivity contribution is -0.119. The third-order valence-corrected chi connectivity index (χ3v) is 5.38. The molecule has 2 amide bonds. The average Bonchev–Trinajstić information content (AvgIpc) is 3.28. The molecule has 0 spiro atoms. The van der Waals surface area contributed by atoms with Crippen LogP contribution in [0.25, 0.3) is 0 Å². The number of benzene rings is 2. The van der Waals surface area contributed by atoms with Crippen LogP contribution in [0.5, 0.6) is 0 Å². The molecule has 142 valence electrons. The summed E-state index contributed by atoms with van der Waals surface area (Å²) in [4.78, 5) is 26.9. The second-order valence-electron chi connectivity index (χ2n) is 7.17. The van der Waals surface area contributed by atoms with Crippen LogP contribution in [0.15, 0.2) is 48.5 Å². The number of nitrogens with two attached hydrogens (primary N) is 1. The molecular weight excluding hydrogens is 362 g/mol. The minimum absolute atomic E-state index is 0. The molecule has 6 heteroatoms. The van der Waals surface area contributed by atoms with Crippen molar-refractivity contribution in [2.24, 2.45) is 11.7 Å². The lowest BCUT2D eigenvalue weighted by Gasteiger charge is -2.17. The molecule has 2 aromatic rings. The molecular formula is C21H24ClN3O2. The Labute approximate surface area is 165 Å². The summed E-state index contributed by atoms with van der Waals surface area (Å²) in [6.07, 6.45) is 3.39. The van der Waals surface area contributed by atoms with Crippen molar-refractivity contribution in [3.63, 3.8) is 0 Å². The van der Waals surface area contributed by atoms with E-state index in [1.807, 2.05) is 23.1 Å². The topological polar surface area (TPSA) is 75.4 Å². The maximum atomic E-state index is 12.8. The van der Waals surface area contributed by atoms with E-state index < -0.39 is 0 Å². The number of halogens is 1. The summed E-state index contributed by atoms with van der Waals surface area (Å²) in [6.45, 7) is 0.707. The van der Waals surface area contributed by atoms with Crippen LogP contribution >= 0.6 is 12.4 Å². The fraction of sp³-hybridized carbons (Fsp3) is 0.333. The van der Waals surface area contributed by atoms with Crippen molar-refractivity contribution < 1.29 is 9.59 Å². The number of fused-ring (bicyclic) bond motifs is 1. The van der Waals surface area contributed by atoms with Gasteiger partial charge in [-0.05, 0) is 61.6 Å². The van der Waals surface area contributed by atoms with Crippen molar-refractivity contribution in [2.45, 2.75) is 31.7 Å². The Balaban J connectivity index is 0.00000210. The van der Waals surface area contributed by atoms with Crippen molar-refractivity contribution in [3.8, 4) is 0 Å². The maximum absolute atomic E-state index is 12.8. The fourth-order valence-electron chi connectivity index (χ4n) is 3.90. The standard InChI is InChI=1S/C21H23N3O2.ClH/c22-17-8-5-16(13-17)20(25)23-18-9-6-15(7-10-18)21(26)24-12-11-14-3-1-2-4-19(14)24;/h1-4,6-7,9-10,16-17H,5,8,11-13,22H2,(H,23,25);1H. The number of amides is 2. The van der Waals surface area contributed by atoms with Crippen LogP contribution in [0.2, 0.25) is 0 Å². The molecule has 1 heterocycles. The Morgan fingerprint density at radius 1 is 1.04 bits per heavy atom. The summed E-state index contributed by atoms with van der Waals surface area (Å²) in [5, 5.41) is 2.94. The van der Waals surface area contributed by atoms with Crippen LogP contribution in [0.4, 0.5) is 11.4 Å². The summed E-state index contributed by atoms with van der Waals surface area (Å²) in [6, 6.07) is 15.3. The Hall–Kier alpha value is -2.37. The minimum atomic E-state index is -0.00703. The highest BCUT2D eigenvalue weighted by Crippen LogP contribution is 2.29. The van der Waals surface area contributed by atoms with Crippen molar-refractivity contribution in [1.29, 1.82) is 0 Å². The Bertz CT molecular complexity index is 838. The first-order valence-corrected chi connectivity index (χ1v) is 9.18. The summed E-state index contributed by atoms with van der Waals surface area (Å²) in [7, 11) is 0. The van der Waals surface area contributed by atoms with Gasteiger partial charge in [-0.2, -0.15) is 0 Å². The lowest BCUT2D eigenvalue weighted by Crippen LogP contribution is -2.28. The van der Waals surface area contributed by atoms with Gasteiger partial charge in [-0.15, -0.1) is 12.4 Å². The molecule has 3 N–H and O–H groups in total. The van der Waals surface area contributed by atoms with E-state index in [9.17, 15) is 9.59 Å². The van der Waals surface area contributed by atoms with Gasteiger partial charge in [0, 0.05) is 35.4 Å². The van der Waals surface area contributed by atoms with Crippen molar-refractivity contribution in [1.82, 2.24) is 0 Å². The molecule has 2 aliphatic rings. The third-order valence-electron chi connectivity index (χ3n) is 5.38. The van der Waals surface area contributed by atoms with Gasteiger partial charge in [0.2, 0.25) is 5.91 Å². The number of carbonyl (C=O) groups is 2. The molecule has 2 atom stereocenters. The predicted octanol–water partition coefficient (Wildman–Crippen LogP) is 3.38. The molecule has 1 aliphatic heterocycles. The molecule has 5 nitrogen and oxygen atoms in total. The van der Waals surface area contributed by atoms with Gasteiger partial charge in [0.15, 0.2) is 0 Å². The van der Waals surface area contributed by atoms with Gasteiger partial charge in [-0.3, -0.25) is 9.59 Å². The van der Waals surface area contributed by atoms with Crippen LogP contribution in [-0.2, 0) is 11.2 Å². The number of nitrogens with zero attached hydrogens (tertiary/aromatic N) is 1. The number of hydrogen-bond acceptors (Lipinski definition) is 3. The van der Waals surface area contributed by atoms with Gasteiger partial charge >= 0.3 is 0 Å². The maximum Gasteiger partial charge on any atom is 0.258 e. The first-order valence-electron chi connectivity index (χ1n) is 9.18. The Morgan fingerprint density at radius 3 is 2.48 bits per heavy atom. The van der Waals surface area contributed by atoms with Gasteiger partial charge in [0.05, 0.1) is 0 Å². The molecule has 2 aromatic carbocycles. The van der Waals surface area contributed by atoms with Crippen molar-refractivity contribution >= 4 is 35.6 Å². The number of hydrogen-bond donors (Lipinski definition) is 2. The predicted molar refractivity (Wildman–Crippen MR) is 109 cm³/mol. The Morgan fingerprint density at radius 2 is 1.78 bits per heavy atom. The number of rotatable bonds is 3. The Kier molecular flexibility index (Phi) is 5.82. The zero-order valence-corrected chi connectivity index (χ0v) is 15.9. The number of para-hydroxylation sites is 1. The zero-order valence-electron chi connectivity index (χ0n) is 15.1. The van der Waals surface area contributed by atoms with E-state index in [1.54, 1.807) is 24.3 Å². The number of anilines is 2. The highest BCUT2D eigenvalue weighted by molar-refractivity contribution is 6.07.